The van der Waals surface area contributed by atoms with Gasteiger partial charge in [0.25, 0.3) is 0 Å². The molecule has 1 aliphatic carbocycles. The molecule has 0 bridgehead atoms. The van der Waals surface area contributed by atoms with Crippen LogP contribution in [0.1, 0.15) is 49.1 Å². The Morgan fingerprint density at radius 1 is 1.07 bits per heavy atom. The largest absolute Gasteiger partial charge is 0.0588 e. The molecular formula is C14H19. The highest BCUT2D eigenvalue weighted by molar-refractivity contribution is 5.26. The molecule has 0 heterocycles. The number of aryl methyl sites for hydroxylation is 1. The Kier molecular flexibility index (Phi) is 3.23. The van der Waals surface area contributed by atoms with Crippen LogP contribution in [0.25, 0.3) is 0 Å². The molecular weight excluding hydrogens is 168 g/mol. The average molecular weight is 187 g/mol. The predicted molar refractivity (Wildman–Crippen MR) is 61.3 cm³/mol. The minimum absolute atomic E-state index is 0.851. The SMILES string of the molecule is [CH2]CCc1ccc(C2CCCC2)cc1. The molecule has 0 aromatic heterocycles. The molecule has 0 N–H and O–H groups in total. The van der Waals surface area contributed by atoms with Gasteiger partial charge in [-0.2, -0.15) is 0 Å². The molecule has 1 radical (unpaired) electrons. The quantitative estimate of drug-likeness (QED) is 0.668. The fourth-order valence-corrected chi connectivity index (χ4v) is 2.42. The summed E-state index contributed by atoms with van der Waals surface area (Å²) >= 11 is 0. The molecule has 14 heavy (non-hydrogen) atoms. The van der Waals surface area contributed by atoms with Crippen LogP contribution in [0, 0.1) is 6.92 Å². The van der Waals surface area contributed by atoms with Crippen molar-refractivity contribution in [3.05, 3.63) is 42.3 Å². The fourth-order valence-electron chi connectivity index (χ4n) is 2.42. The topological polar surface area (TPSA) is 0 Å². The van der Waals surface area contributed by atoms with Crippen molar-refractivity contribution < 1.29 is 0 Å². The predicted octanol–water partition coefficient (Wildman–Crippen LogP) is 4.11. The third-order valence-corrected chi connectivity index (χ3v) is 3.27. The number of rotatable bonds is 3. The van der Waals surface area contributed by atoms with Crippen molar-refractivity contribution in [3.63, 3.8) is 0 Å². The van der Waals surface area contributed by atoms with E-state index in [-0.39, 0.29) is 0 Å². The van der Waals surface area contributed by atoms with E-state index in [2.05, 4.69) is 31.2 Å². The van der Waals surface area contributed by atoms with E-state index in [1.165, 1.54) is 31.2 Å². The highest BCUT2D eigenvalue weighted by Crippen LogP contribution is 2.33. The van der Waals surface area contributed by atoms with Gasteiger partial charge in [-0.15, -0.1) is 0 Å². The lowest BCUT2D eigenvalue weighted by Gasteiger charge is -2.09. The maximum Gasteiger partial charge on any atom is -0.0162 e. The third kappa shape index (κ3) is 2.17. The maximum atomic E-state index is 3.88. The minimum atomic E-state index is 0.851. The minimum Gasteiger partial charge on any atom is -0.0588 e. The molecule has 0 heteroatoms. The smallest absolute Gasteiger partial charge is 0.0162 e. The molecule has 0 saturated heterocycles. The normalized spacial score (nSPS) is 17.5. The Labute approximate surface area is 87.3 Å². The van der Waals surface area contributed by atoms with Gasteiger partial charge in [-0.05, 0) is 42.7 Å². The first kappa shape index (κ1) is 9.76. The van der Waals surface area contributed by atoms with Crippen LogP contribution < -0.4 is 0 Å². The fraction of sp³-hybridized carbons (Fsp3) is 0.500. The van der Waals surface area contributed by atoms with Gasteiger partial charge in [0.2, 0.25) is 0 Å². The lowest BCUT2D eigenvalue weighted by Crippen LogP contribution is -1.92. The van der Waals surface area contributed by atoms with E-state index in [4.69, 9.17) is 0 Å². The molecule has 1 aliphatic rings. The lowest BCUT2D eigenvalue weighted by atomic mass is 9.96. The van der Waals surface area contributed by atoms with E-state index < -0.39 is 0 Å². The van der Waals surface area contributed by atoms with Crippen molar-refractivity contribution in [1.82, 2.24) is 0 Å². The van der Waals surface area contributed by atoms with Crippen molar-refractivity contribution >= 4 is 0 Å². The van der Waals surface area contributed by atoms with Crippen molar-refractivity contribution in [2.75, 3.05) is 0 Å². The van der Waals surface area contributed by atoms with Gasteiger partial charge in [0.05, 0.1) is 0 Å². The summed E-state index contributed by atoms with van der Waals surface area (Å²) in [6, 6.07) is 9.19. The molecule has 0 aliphatic heterocycles. The monoisotopic (exact) mass is 187 g/mol. The van der Waals surface area contributed by atoms with Gasteiger partial charge in [0, 0.05) is 0 Å². The first-order valence-corrected chi connectivity index (χ1v) is 5.78. The van der Waals surface area contributed by atoms with E-state index >= 15 is 0 Å². The van der Waals surface area contributed by atoms with Crippen LogP contribution >= 0.6 is 0 Å². The lowest BCUT2D eigenvalue weighted by molar-refractivity contribution is 0.722. The van der Waals surface area contributed by atoms with Crippen LogP contribution in [0.2, 0.25) is 0 Å². The van der Waals surface area contributed by atoms with Crippen molar-refractivity contribution in [2.45, 2.75) is 44.4 Å². The average Bonchev–Trinajstić information content (AvgIpc) is 2.72. The standard InChI is InChI=1S/C14H19/c1-2-5-12-8-10-14(11-9-12)13-6-3-4-7-13/h8-11,13H,1-7H2. The van der Waals surface area contributed by atoms with Crippen molar-refractivity contribution in [1.29, 1.82) is 0 Å². The van der Waals surface area contributed by atoms with Gasteiger partial charge in [-0.3, -0.25) is 0 Å². The molecule has 0 unspecified atom stereocenters. The summed E-state index contributed by atoms with van der Waals surface area (Å²) in [5.41, 5.74) is 2.98. The van der Waals surface area contributed by atoms with Gasteiger partial charge in [0.1, 0.15) is 0 Å². The van der Waals surface area contributed by atoms with E-state index in [0.717, 1.165) is 18.8 Å². The third-order valence-electron chi connectivity index (χ3n) is 3.27. The highest BCUT2D eigenvalue weighted by atomic mass is 14.2. The Morgan fingerprint density at radius 3 is 2.29 bits per heavy atom. The summed E-state index contributed by atoms with van der Waals surface area (Å²) in [5, 5.41) is 0. The number of benzene rings is 1. The first-order chi connectivity index (χ1) is 6.90. The van der Waals surface area contributed by atoms with E-state index in [0.29, 0.717) is 0 Å². The Balaban J connectivity index is 2.05. The van der Waals surface area contributed by atoms with Crippen LogP contribution in [0.5, 0.6) is 0 Å². The molecule has 75 valence electrons. The molecule has 0 nitrogen and oxygen atoms in total. The van der Waals surface area contributed by atoms with Gasteiger partial charge < -0.3 is 0 Å². The zero-order valence-electron chi connectivity index (χ0n) is 8.84. The highest BCUT2D eigenvalue weighted by Gasteiger charge is 2.16. The van der Waals surface area contributed by atoms with Crippen LogP contribution in [-0.4, -0.2) is 0 Å². The van der Waals surface area contributed by atoms with Crippen LogP contribution in [0.4, 0.5) is 0 Å². The van der Waals surface area contributed by atoms with Gasteiger partial charge in [-0.1, -0.05) is 44.0 Å². The van der Waals surface area contributed by atoms with Crippen molar-refractivity contribution in [3.8, 4) is 0 Å². The molecule has 0 amide bonds. The molecule has 0 spiro atoms. The number of hydrogen-bond acceptors (Lipinski definition) is 0. The van der Waals surface area contributed by atoms with E-state index in [1.54, 1.807) is 5.56 Å². The molecule has 1 aromatic carbocycles. The molecule has 1 aromatic rings. The second kappa shape index (κ2) is 4.63. The molecule has 1 saturated carbocycles. The Morgan fingerprint density at radius 2 is 1.71 bits per heavy atom. The van der Waals surface area contributed by atoms with Gasteiger partial charge >= 0.3 is 0 Å². The Hall–Kier alpha value is -0.780. The summed E-state index contributed by atoms with van der Waals surface area (Å²) in [4.78, 5) is 0. The van der Waals surface area contributed by atoms with Crippen LogP contribution in [-0.2, 0) is 6.42 Å². The van der Waals surface area contributed by atoms with Gasteiger partial charge in [-0.25, -0.2) is 0 Å². The molecule has 0 atom stereocenters. The van der Waals surface area contributed by atoms with Crippen LogP contribution in [0.15, 0.2) is 24.3 Å². The molecule has 2 rings (SSSR count). The zero-order chi connectivity index (χ0) is 9.80. The first-order valence-electron chi connectivity index (χ1n) is 5.78. The number of hydrogen-bond donors (Lipinski definition) is 0. The van der Waals surface area contributed by atoms with Crippen molar-refractivity contribution in [2.24, 2.45) is 0 Å². The summed E-state index contributed by atoms with van der Waals surface area (Å²) in [6.45, 7) is 3.88. The summed E-state index contributed by atoms with van der Waals surface area (Å²) in [5.74, 6) is 0.851. The van der Waals surface area contributed by atoms with E-state index in [1.807, 2.05) is 0 Å². The summed E-state index contributed by atoms with van der Waals surface area (Å²) < 4.78 is 0. The Bertz CT molecular complexity index is 265. The van der Waals surface area contributed by atoms with E-state index in [9.17, 15) is 0 Å². The second-order valence-electron chi connectivity index (χ2n) is 4.33. The summed E-state index contributed by atoms with van der Waals surface area (Å²) in [7, 11) is 0. The van der Waals surface area contributed by atoms with Gasteiger partial charge in [0.15, 0.2) is 0 Å². The molecule has 1 fully saturated rings. The summed E-state index contributed by atoms with van der Waals surface area (Å²) in [6.07, 6.45) is 7.76. The maximum absolute atomic E-state index is 3.88. The second-order valence-corrected chi connectivity index (χ2v) is 4.33. The zero-order valence-corrected chi connectivity index (χ0v) is 8.84. The van der Waals surface area contributed by atoms with Crippen LogP contribution in [0.3, 0.4) is 0 Å².